The lowest BCUT2D eigenvalue weighted by Crippen LogP contribution is -2.24. The average Bonchev–Trinajstić information content (AvgIpc) is 2.77. The third-order valence-electron chi connectivity index (χ3n) is 4.16. The van der Waals surface area contributed by atoms with E-state index < -0.39 is 6.10 Å². The Kier molecular flexibility index (Phi) is 3.13. The van der Waals surface area contributed by atoms with Crippen LogP contribution in [0.4, 0.5) is 0 Å². The molecular formula is C17H19NO. The van der Waals surface area contributed by atoms with Gasteiger partial charge in [-0.05, 0) is 30.0 Å². The van der Waals surface area contributed by atoms with E-state index in [4.69, 9.17) is 5.73 Å². The fraction of sp³-hybridized carbons (Fsp3) is 0.294. The summed E-state index contributed by atoms with van der Waals surface area (Å²) in [6.07, 6.45) is 0.402. The first-order chi connectivity index (χ1) is 9.16. The number of hydrogen-bond acceptors (Lipinski definition) is 2. The van der Waals surface area contributed by atoms with Crippen LogP contribution in [-0.4, -0.2) is 5.11 Å². The summed E-state index contributed by atoms with van der Waals surface area (Å²) in [5.74, 6) is 0.0695. The Morgan fingerprint density at radius 1 is 1.11 bits per heavy atom. The van der Waals surface area contributed by atoms with Crippen LogP contribution in [0.2, 0.25) is 0 Å². The molecule has 0 fully saturated rings. The molecule has 2 nitrogen and oxygen atoms in total. The highest BCUT2D eigenvalue weighted by atomic mass is 16.3. The first-order valence-corrected chi connectivity index (χ1v) is 6.75. The van der Waals surface area contributed by atoms with E-state index in [0.717, 1.165) is 17.5 Å². The van der Waals surface area contributed by atoms with E-state index in [1.807, 2.05) is 18.2 Å². The normalized spacial score (nSPS) is 23.1. The van der Waals surface area contributed by atoms with Crippen molar-refractivity contribution >= 4 is 0 Å². The molecule has 2 aromatic carbocycles. The molecule has 0 saturated carbocycles. The predicted molar refractivity (Wildman–Crippen MR) is 76.7 cm³/mol. The lowest BCUT2D eigenvalue weighted by molar-refractivity contribution is 0.108. The maximum Gasteiger partial charge on any atom is 0.0842 e. The predicted octanol–water partition coefficient (Wildman–Crippen LogP) is 2.90. The fourth-order valence-electron chi connectivity index (χ4n) is 2.96. The minimum atomic E-state index is -0.451. The SMILES string of the molecule is Cc1ccc([C@H](N)[C@@H]2Cc3ccccc3[C@@H]2O)cc1. The third kappa shape index (κ3) is 2.18. The molecule has 19 heavy (non-hydrogen) atoms. The van der Waals surface area contributed by atoms with Crippen LogP contribution in [0, 0.1) is 12.8 Å². The lowest BCUT2D eigenvalue weighted by Gasteiger charge is -2.23. The van der Waals surface area contributed by atoms with Gasteiger partial charge in [-0.2, -0.15) is 0 Å². The second kappa shape index (κ2) is 4.80. The number of hydrogen-bond donors (Lipinski definition) is 2. The number of aliphatic hydroxyl groups is 1. The van der Waals surface area contributed by atoms with Gasteiger partial charge in [-0.3, -0.25) is 0 Å². The molecule has 0 unspecified atom stereocenters. The summed E-state index contributed by atoms with van der Waals surface area (Å²) >= 11 is 0. The minimum Gasteiger partial charge on any atom is -0.388 e. The summed E-state index contributed by atoms with van der Waals surface area (Å²) in [7, 11) is 0. The summed E-state index contributed by atoms with van der Waals surface area (Å²) in [5, 5.41) is 10.4. The van der Waals surface area contributed by atoms with Crippen LogP contribution in [-0.2, 0) is 6.42 Å². The second-order valence-electron chi connectivity index (χ2n) is 5.45. The number of fused-ring (bicyclic) bond motifs is 1. The van der Waals surface area contributed by atoms with E-state index in [2.05, 4.69) is 37.3 Å². The standard InChI is InChI=1S/C17H19NO/c1-11-6-8-12(9-7-11)16(18)15-10-13-4-2-3-5-14(13)17(15)19/h2-9,15-17,19H,10,18H2,1H3/t15-,16-,17-/m0/s1. The quantitative estimate of drug-likeness (QED) is 0.864. The average molecular weight is 253 g/mol. The first kappa shape index (κ1) is 12.4. The molecule has 2 heteroatoms. The Morgan fingerprint density at radius 2 is 1.79 bits per heavy atom. The van der Waals surface area contributed by atoms with Gasteiger partial charge in [-0.25, -0.2) is 0 Å². The summed E-state index contributed by atoms with van der Waals surface area (Å²) in [6, 6.07) is 16.2. The van der Waals surface area contributed by atoms with E-state index >= 15 is 0 Å². The maximum atomic E-state index is 10.4. The van der Waals surface area contributed by atoms with Gasteiger partial charge in [0.25, 0.3) is 0 Å². The highest BCUT2D eigenvalue weighted by molar-refractivity contribution is 5.36. The maximum absolute atomic E-state index is 10.4. The Bertz CT molecular complexity index is 576. The van der Waals surface area contributed by atoms with Gasteiger partial charge in [-0.15, -0.1) is 0 Å². The molecular weight excluding hydrogens is 234 g/mol. The van der Waals surface area contributed by atoms with E-state index in [9.17, 15) is 5.11 Å². The van der Waals surface area contributed by atoms with Crippen molar-refractivity contribution in [2.75, 3.05) is 0 Å². The van der Waals surface area contributed by atoms with E-state index in [1.54, 1.807) is 0 Å². The largest absolute Gasteiger partial charge is 0.388 e. The van der Waals surface area contributed by atoms with Gasteiger partial charge in [0.1, 0.15) is 0 Å². The van der Waals surface area contributed by atoms with Crippen molar-refractivity contribution in [1.82, 2.24) is 0 Å². The van der Waals surface area contributed by atoms with Crippen molar-refractivity contribution in [3.8, 4) is 0 Å². The zero-order valence-electron chi connectivity index (χ0n) is 11.1. The van der Waals surface area contributed by atoms with Gasteiger partial charge in [-0.1, -0.05) is 54.1 Å². The summed E-state index contributed by atoms with van der Waals surface area (Å²) in [4.78, 5) is 0. The lowest BCUT2D eigenvalue weighted by atomic mass is 9.89. The van der Waals surface area contributed by atoms with Crippen molar-refractivity contribution in [3.63, 3.8) is 0 Å². The van der Waals surface area contributed by atoms with Gasteiger partial charge in [0.15, 0.2) is 0 Å². The van der Waals surface area contributed by atoms with Crippen molar-refractivity contribution in [2.24, 2.45) is 11.7 Å². The number of benzene rings is 2. The number of nitrogens with two attached hydrogens (primary N) is 1. The molecule has 1 aliphatic carbocycles. The van der Waals surface area contributed by atoms with Crippen molar-refractivity contribution in [2.45, 2.75) is 25.5 Å². The highest BCUT2D eigenvalue weighted by Gasteiger charge is 2.35. The molecule has 1 aliphatic rings. The second-order valence-corrected chi connectivity index (χ2v) is 5.45. The van der Waals surface area contributed by atoms with E-state index in [-0.39, 0.29) is 12.0 Å². The molecule has 3 rings (SSSR count). The molecule has 0 aromatic heterocycles. The van der Waals surface area contributed by atoms with Gasteiger partial charge < -0.3 is 10.8 Å². The Hall–Kier alpha value is -1.64. The number of aliphatic hydroxyl groups excluding tert-OH is 1. The highest BCUT2D eigenvalue weighted by Crippen LogP contribution is 2.41. The van der Waals surface area contributed by atoms with Crippen molar-refractivity contribution < 1.29 is 5.11 Å². The molecule has 0 heterocycles. The molecule has 0 saturated heterocycles. The van der Waals surface area contributed by atoms with Gasteiger partial charge in [0.05, 0.1) is 6.10 Å². The Balaban J connectivity index is 1.87. The van der Waals surface area contributed by atoms with Crippen LogP contribution in [0.15, 0.2) is 48.5 Å². The Labute approximate surface area is 113 Å². The van der Waals surface area contributed by atoms with Crippen molar-refractivity contribution in [1.29, 1.82) is 0 Å². The molecule has 2 aromatic rings. The minimum absolute atomic E-state index is 0.0695. The van der Waals surface area contributed by atoms with Crippen LogP contribution < -0.4 is 5.73 Å². The first-order valence-electron chi connectivity index (χ1n) is 6.75. The summed E-state index contributed by atoms with van der Waals surface area (Å²) in [6.45, 7) is 2.07. The molecule has 0 bridgehead atoms. The third-order valence-corrected chi connectivity index (χ3v) is 4.16. The zero-order valence-corrected chi connectivity index (χ0v) is 11.1. The molecule has 3 atom stereocenters. The van der Waals surface area contributed by atoms with Gasteiger partial charge in [0.2, 0.25) is 0 Å². The molecule has 3 N–H and O–H groups in total. The molecule has 0 spiro atoms. The van der Waals surface area contributed by atoms with Gasteiger partial charge >= 0.3 is 0 Å². The van der Waals surface area contributed by atoms with Gasteiger partial charge in [0, 0.05) is 12.0 Å². The van der Waals surface area contributed by atoms with Crippen molar-refractivity contribution in [3.05, 3.63) is 70.8 Å². The topological polar surface area (TPSA) is 46.2 Å². The zero-order chi connectivity index (χ0) is 13.4. The molecule has 0 radical (unpaired) electrons. The summed E-state index contributed by atoms with van der Waals surface area (Å²) < 4.78 is 0. The van der Waals surface area contributed by atoms with Crippen LogP contribution in [0.5, 0.6) is 0 Å². The molecule has 98 valence electrons. The molecule has 0 amide bonds. The smallest absolute Gasteiger partial charge is 0.0842 e. The van der Waals surface area contributed by atoms with E-state index in [0.29, 0.717) is 0 Å². The summed E-state index contributed by atoms with van der Waals surface area (Å²) in [5.41, 5.74) is 10.9. The molecule has 0 aliphatic heterocycles. The van der Waals surface area contributed by atoms with Crippen LogP contribution >= 0.6 is 0 Å². The van der Waals surface area contributed by atoms with Crippen LogP contribution in [0.1, 0.15) is 34.4 Å². The van der Waals surface area contributed by atoms with E-state index in [1.165, 1.54) is 11.1 Å². The van der Waals surface area contributed by atoms with Crippen LogP contribution in [0.25, 0.3) is 0 Å². The fourth-order valence-corrected chi connectivity index (χ4v) is 2.96. The van der Waals surface area contributed by atoms with Crippen LogP contribution in [0.3, 0.4) is 0 Å². The number of rotatable bonds is 2. The monoisotopic (exact) mass is 253 g/mol. The Morgan fingerprint density at radius 3 is 2.47 bits per heavy atom. The number of aryl methyl sites for hydroxylation is 1.